The number of benzene rings is 2. The molecule has 0 radical (unpaired) electrons. The second-order valence-corrected chi connectivity index (χ2v) is 6.91. The molecule has 0 aliphatic heterocycles. The average molecular weight is 434 g/mol. The Hall–Kier alpha value is -3.16. The van der Waals surface area contributed by atoms with Crippen molar-refractivity contribution in [1.82, 2.24) is 0 Å². The quantitative estimate of drug-likeness (QED) is 0.183. The first-order valence-electron chi connectivity index (χ1n) is 8.26. The zero-order valence-electron chi connectivity index (χ0n) is 15.0. The summed E-state index contributed by atoms with van der Waals surface area (Å²) < 4.78 is 10.3. The predicted octanol–water partition coefficient (Wildman–Crippen LogP) is 5.07. The molecule has 0 aliphatic rings. The monoisotopic (exact) mass is 433 g/mol. The van der Waals surface area contributed by atoms with Crippen molar-refractivity contribution in [2.45, 2.75) is 13.5 Å². The molecule has 1 heterocycles. The highest BCUT2D eigenvalue weighted by Gasteiger charge is 2.12. The average Bonchev–Trinajstić information content (AvgIpc) is 2.66. The van der Waals surface area contributed by atoms with Crippen molar-refractivity contribution < 1.29 is 18.9 Å². The van der Waals surface area contributed by atoms with Gasteiger partial charge in [0.25, 0.3) is 5.69 Å². The second-order valence-electron chi connectivity index (χ2n) is 6.10. The van der Waals surface area contributed by atoms with Crippen LogP contribution in [0.4, 0.5) is 5.69 Å². The van der Waals surface area contributed by atoms with Gasteiger partial charge in [0.2, 0.25) is 0 Å². The van der Waals surface area contributed by atoms with E-state index >= 15 is 0 Å². The standard InChI is InChI=1S/C20H13Cl2NO6/c1-11-6-18-14(9-16(11)22)13(8-20(25)29-18)10-28-19(24)5-3-12-2-4-15(21)17(7-12)23(26)27/h2-9H,10H2,1H3/b5-3+. The van der Waals surface area contributed by atoms with E-state index in [0.717, 1.165) is 11.6 Å². The van der Waals surface area contributed by atoms with Crippen molar-refractivity contribution >= 4 is 51.9 Å². The molecule has 0 unspecified atom stereocenters. The van der Waals surface area contributed by atoms with E-state index in [-0.39, 0.29) is 17.3 Å². The minimum Gasteiger partial charge on any atom is -0.458 e. The third kappa shape index (κ3) is 4.82. The van der Waals surface area contributed by atoms with E-state index in [0.29, 0.717) is 27.1 Å². The lowest BCUT2D eigenvalue weighted by atomic mass is 10.1. The Morgan fingerprint density at radius 3 is 2.69 bits per heavy atom. The maximum Gasteiger partial charge on any atom is 0.336 e. The first kappa shape index (κ1) is 20.6. The number of carbonyl (C=O) groups is 1. The number of hydrogen-bond acceptors (Lipinski definition) is 6. The third-order valence-electron chi connectivity index (χ3n) is 4.06. The SMILES string of the molecule is Cc1cc2oc(=O)cc(COC(=O)/C=C/c3ccc(Cl)c([N+](=O)[O-])c3)c2cc1Cl. The maximum absolute atomic E-state index is 12.0. The Balaban J connectivity index is 1.77. The Bertz CT molecular complexity index is 1220. The second kappa shape index (κ2) is 8.46. The number of rotatable bonds is 5. The van der Waals surface area contributed by atoms with Crippen LogP contribution in [-0.4, -0.2) is 10.9 Å². The van der Waals surface area contributed by atoms with Crippen LogP contribution in [0.2, 0.25) is 10.0 Å². The molecule has 7 nitrogen and oxygen atoms in total. The normalized spacial score (nSPS) is 11.1. The van der Waals surface area contributed by atoms with Gasteiger partial charge in [0.05, 0.1) is 4.92 Å². The topological polar surface area (TPSA) is 99.7 Å². The molecule has 0 spiro atoms. The number of nitrogens with zero attached hydrogens (tertiary/aromatic N) is 1. The first-order chi connectivity index (χ1) is 13.7. The number of fused-ring (bicyclic) bond motifs is 1. The first-order valence-corrected chi connectivity index (χ1v) is 9.02. The zero-order valence-corrected chi connectivity index (χ0v) is 16.5. The number of ether oxygens (including phenoxy) is 1. The van der Waals surface area contributed by atoms with Gasteiger partial charge in [-0.15, -0.1) is 0 Å². The summed E-state index contributed by atoms with van der Waals surface area (Å²) in [5.41, 5.74) is 1.10. The fourth-order valence-electron chi connectivity index (χ4n) is 2.60. The summed E-state index contributed by atoms with van der Waals surface area (Å²) in [6, 6.07) is 8.64. The van der Waals surface area contributed by atoms with Gasteiger partial charge in [0, 0.05) is 34.2 Å². The van der Waals surface area contributed by atoms with E-state index in [1.807, 2.05) is 0 Å². The van der Waals surface area contributed by atoms with Gasteiger partial charge in [-0.2, -0.15) is 0 Å². The summed E-state index contributed by atoms with van der Waals surface area (Å²) in [5.74, 6) is -0.692. The van der Waals surface area contributed by atoms with Crippen LogP contribution in [0, 0.1) is 17.0 Å². The number of halogens is 2. The van der Waals surface area contributed by atoms with Crippen molar-refractivity contribution in [3.8, 4) is 0 Å². The van der Waals surface area contributed by atoms with E-state index in [2.05, 4.69) is 0 Å². The van der Waals surface area contributed by atoms with E-state index in [9.17, 15) is 19.7 Å². The molecule has 1 aromatic heterocycles. The van der Waals surface area contributed by atoms with Gasteiger partial charge in [0.15, 0.2) is 0 Å². The van der Waals surface area contributed by atoms with Crippen LogP contribution in [0.1, 0.15) is 16.7 Å². The van der Waals surface area contributed by atoms with Crippen molar-refractivity contribution in [1.29, 1.82) is 0 Å². The van der Waals surface area contributed by atoms with E-state index in [4.69, 9.17) is 32.4 Å². The van der Waals surface area contributed by atoms with Crippen LogP contribution in [0.25, 0.3) is 17.0 Å². The third-order valence-corrected chi connectivity index (χ3v) is 4.78. The molecule has 0 bridgehead atoms. The summed E-state index contributed by atoms with van der Waals surface area (Å²) in [5, 5.41) is 12.0. The highest BCUT2D eigenvalue weighted by molar-refractivity contribution is 6.32. The van der Waals surface area contributed by atoms with Crippen LogP contribution in [0.15, 0.2) is 51.7 Å². The molecule has 0 fully saturated rings. The Morgan fingerprint density at radius 1 is 1.21 bits per heavy atom. The molecule has 0 N–H and O–H groups in total. The van der Waals surface area contributed by atoms with Crippen LogP contribution >= 0.6 is 23.2 Å². The Kier molecular flexibility index (Phi) is 6.00. The molecule has 0 saturated heterocycles. The van der Waals surface area contributed by atoms with Gasteiger partial charge in [-0.3, -0.25) is 10.1 Å². The lowest BCUT2D eigenvalue weighted by molar-refractivity contribution is -0.384. The number of aryl methyl sites for hydroxylation is 1. The summed E-state index contributed by atoms with van der Waals surface area (Å²) in [7, 11) is 0. The molecular weight excluding hydrogens is 421 g/mol. The summed E-state index contributed by atoms with van der Waals surface area (Å²) in [6.07, 6.45) is 2.49. The lowest BCUT2D eigenvalue weighted by Gasteiger charge is -2.07. The molecule has 29 heavy (non-hydrogen) atoms. The van der Waals surface area contributed by atoms with Crippen LogP contribution in [0.5, 0.6) is 0 Å². The highest BCUT2D eigenvalue weighted by Crippen LogP contribution is 2.26. The van der Waals surface area contributed by atoms with E-state index < -0.39 is 16.5 Å². The number of carbonyl (C=O) groups excluding carboxylic acids is 1. The number of nitro groups is 1. The van der Waals surface area contributed by atoms with Gasteiger partial charge in [-0.1, -0.05) is 29.3 Å². The van der Waals surface area contributed by atoms with E-state index in [1.165, 1.54) is 30.3 Å². The highest BCUT2D eigenvalue weighted by atomic mass is 35.5. The molecule has 0 aliphatic carbocycles. The number of nitro benzene ring substituents is 1. The molecule has 3 aromatic rings. The largest absolute Gasteiger partial charge is 0.458 e. The smallest absolute Gasteiger partial charge is 0.336 e. The number of esters is 1. The van der Waals surface area contributed by atoms with Crippen molar-refractivity contribution in [3.63, 3.8) is 0 Å². The van der Waals surface area contributed by atoms with Crippen molar-refractivity contribution in [2.75, 3.05) is 0 Å². The van der Waals surface area contributed by atoms with Gasteiger partial charge in [-0.05, 0) is 42.3 Å². The van der Waals surface area contributed by atoms with Crippen LogP contribution < -0.4 is 5.63 Å². The van der Waals surface area contributed by atoms with Gasteiger partial charge < -0.3 is 9.15 Å². The summed E-state index contributed by atoms with van der Waals surface area (Å²) in [6.45, 7) is 1.60. The molecule has 0 atom stereocenters. The molecule has 148 valence electrons. The minimum absolute atomic E-state index is 0.00147. The molecule has 3 rings (SSSR count). The summed E-state index contributed by atoms with van der Waals surface area (Å²) in [4.78, 5) is 34.1. The fraction of sp³-hybridized carbons (Fsp3) is 0.100. The minimum atomic E-state index is -0.692. The molecule has 0 saturated carbocycles. The van der Waals surface area contributed by atoms with Crippen molar-refractivity contribution in [3.05, 3.63) is 89.7 Å². The molecule has 0 amide bonds. The van der Waals surface area contributed by atoms with Crippen LogP contribution in [-0.2, 0) is 16.1 Å². The molecule has 2 aromatic carbocycles. The molecular formula is C20H13Cl2NO6. The Labute approximate surface area is 174 Å². The van der Waals surface area contributed by atoms with E-state index in [1.54, 1.807) is 19.1 Å². The van der Waals surface area contributed by atoms with Crippen LogP contribution in [0.3, 0.4) is 0 Å². The van der Waals surface area contributed by atoms with Gasteiger partial charge >= 0.3 is 11.6 Å². The predicted molar refractivity (Wildman–Crippen MR) is 109 cm³/mol. The molecule has 9 heteroatoms. The lowest BCUT2D eigenvalue weighted by Crippen LogP contribution is -2.06. The maximum atomic E-state index is 12.0. The van der Waals surface area contributed by atoms with Gasteiger partial charge in [-0.25, -0.2) is 9.59 Å². The zero-order chi connectivity index (χ0) is 21.1. The van der Waals surface area contributed by atoms with Gasteiger partial charge in [0.1, 0.15) is 17.2 Å². The number of hydrogen-bond donors (Lipinski definition) is 0. The fourth-order valence-corrected chi connectivity index (χ4v) is 2.95. The summed E-state index contributed by atoms with van der Waals surface area (Å²) >= 11 is 11.9. The Morgan fingerprint density at radius 2 is 1.97 bits per heavy atom. The van der Waals surface area contributed by atoms with Crippen molar-refractivity contribution in [2.24, 2.45) is 0 Å².